The zero-order valence-corrected chi connectivity index (χ0v) is 11.9. The lowest BCUT2D eigenvalue weighted by Gasteiger charge is -2.20. The first-order valence-corrected chi connectivity index (χ1v) is 7.38. The van der Waals surface area contributed by atoms with Gasteiger partial charge >= 0.3 is 0 Å². The van der Waals surface area contributed by atoms with Crippen LogP contribution in [-0.4, -0.2) is 23.9 Å². The summed E-state index contributed by atoms with van der Waals surface area (Å²) in [5.41, 5.74) is 0. The van der Waals surface area contributed by atoms with Gasteiger partial charge in [0, 0.05) is 19.0 Å². The molecule has 0 aromatic rings. The van der Waals surface area contributed by atoms with E-state index in [-0.39, 0.29) is 0 Å². The van der Waals surface area contributed by atoms with Crippen LogP contribution in [0.4, 0.5) is 0 Å². The van der Waals surface area contributed by atoms with Gasteiger partial charge in [-0.2, -0.15) is 0 Å². The van der Waals surface area contributed by atoms with Gasteiger partial charge in [0.15, 0.2) is 0 Å². The van der Waals surface area contributed by atoms with Crippen molar-refractivity contribution >= 4 is 5.91 Å². The SMILES string of the molecule is CCC=CCCC=CCN(CCC)C(=O)C1CC1. The molecular formula is C16H27NO. The van der Waals surface area contributed by atoms with E-state index in [2.05, 4.69) is 38.2 Å². The van der Waals surface area contributed by atoms with Crippen molar-refractivity contribution in [3.63, 3.8) is 0 Å². The number of carbonyl (C=O) groups is 1. The molecule has 2 heteroatoms. The van der Waals surface area contributed by atoms with Crippen LogP contribution in [-0.2, 0) is 4.79 Å². The monoisotopic (exact) mass is 249 g/mol. The molecule has 0 saturated heterocycles. The number of rotatable bonds is 9. The normalized spacial score (nSPS) is 15.7. The Morgan fingerprint density at radius 3 is 2.33 bits per heavy atom. The molecule has 1 aliphatic rings. The number of amides is 1. The van der Waals surface area contributed by atoms with Gasteiger partial charge in [-0.1, -0.05) is 38.2 Å². The molecule has 1 saturated carbocycles. The van der Waals surface area contributed by atoms with Gasteiger partial charge in [-0.05, 0) is 38.5 Å². The predicted octanol–water partition coefficient (Wildman–Crippen LogP) is 3.94. The number of hydrogen-bond donors (Lipinski definition) is 0. The highest BCUT2D eigenvalue weighted by Gasteiger charge is 2.32. The summed E-state index contributed by atoms with van der Waals surface area (Å²) in [4.78, 5) is 14.0. The van der Waals surface area contributed by atoms with E-state index in [1.165, 1.54) is 0 Å². The average molecular weight is 249 g/mol. The standard InChI is InChI=1S/C16H27NO/c1-3-5-6-7-8-9-10-14-17(13-4-2)16(18)15-11-12-15/h5-6,9-10,15H,3-4,7-8,11-14H2,1-2H3. The predicted molar refractivity (Wildman–Crippen MR) is 77.4 cm³/mol. The first-order chi connectivity index (χ1) is 8.79. The molecule has 0 aliphatic heterocycles. The Balaban J connectivity index is 2.21. The second-order valence-electron chi connectivity index (χ2n) is 4.99. The van der Waals surface area contributed by atoms with E-state index >= 15 is 0 Å². The van der Waals surface area contributed by atoms with E-state index in [0.29, 0.717) is 11.8 Å². The topological polar surface area (TPSA) is 20.3 Å². The zero-order chi connectivity index (χ0) is 13.2. The van der Waals surface area contributed by atoms with Gasteiger partial charge in [0.05, 0.1) is 0 Å². The van der Waals surface area contributed by atoms with Gasteiger partial charge in [0.1, 0.15) is 0 Å². The molecule has 0 atom stereocenters. The van der Waals surface area contributed by atoms with Crippen molar-refractivity contribution in [2.24, 2.45) is 5.92 Å². The smallest absolute Gasteiger partial charge is 0.225 e. The number of nitrogens with zero attached hydrogens (tertiary/aromatic N) is 1. The Morgan fingerprint density at radius 2 is 1.78 bits per heavy atom. The largest absolute Gasteiger partial charge is 0.339 e. The molecule has 102 valence electrons. The van der Waals surface area contributed by atoms with Crippen LogP contribution in [0.1, 0.15) is 52.4 Å². The summed E-state index contributed by atoms with van der Waals surface area (Å²) in [6.07, 6.45) is 15.3. The maximum absolute atomic E-state index is 12.0. The highest BCUT2D eigenvalue weighted by molar-refractivity contribution is 5.81. The van der Waals surface area contributed by atoms with E-state index < -0.39 is 0 Å². The van der Waals surface area contributed by atoms with Gasteiger partial charge in [-0.3, -0.25) is 4.79 Å². The zero-order valence-electron chi connectivity index (χ0n) is 11.9. The fourth-order valence-corrected chi connectivity index (χ4v) is 1.95. The van der Waals surface area contributed by atoms with Crippen LogP contribution in [0.25, 0.3) is 0 Å². The summed E-state index contributed by atoms with van der Waals surface area (Å²) in [5, 5.41) is 0. The van der Waals surface area contributed by atoms with Gasteiger partial charge in [-0.15, -0.1) is 0 Å². The van der Waals surface area contributed by atoms with Crippen LogP contribution in [0.3, 0.4) is 0 Å². The fourth-order valence-electron chi connectivity index (χ4n) is 1.95. The summed E-state index contributed by atoms with van der Waals surface area (Å²) in [6.45, 7) is 5.97. The van der Waals surface area contributed by atoms with Crippen molar-refractivity contribution in [1.82, 2.24) is 4.90 Å². The van der Waals surface area contributed by atoms with Gasteiger partial charge in [0.25, 0.3) is 0 Å². The van der Waals surface area contributed by atoms with E-state index in [9.17, 15) is 4.79 Å². The third-order valence-corrected chi connectivity index (χ3v) is 3.13. The number of hydrogen-bond acceptors (Lipinski definition) is 1. The summed E-state index contributed by atoms with van der Waals surface area (Å²) in [5.74, 6) is 0.713. The molecule has 0 radical (unpaired) electrons. The number of carbonyl (C=O) groups excluding carboxylic acids is 1. The van der Waals surface area contributed by atoms with Crippen molar-refractivity contribution in [3.05, 3.63) is 24.3 Å². The molecular weight excluding hydrogens is 222 g/mol. The van der Waals surface area contributed by atoms with Crippen LogP contribution in [0.2, 0.25) is 0 Å². The van der Waals surface area contributed by atoms with E-state index in [4.69, 9.17) is 0 Å². The van der Waals surface area contributed by atoms with Crippen molar-refractivity contribution in [3.8, 4) is 0 Å². The second kappa shape index (κ2) is 8.96. The summed E-state index contributed by atoms with van der Waals surface area (Å²) in [6, 6.07) is 0. The van der Waals surface area contributed by atoms with Crippen LogP contribution >= 0.6 is 0 Å². The van der Waals surface area contributed by atoms with Crippen LogP contribution in [0.15, 0.2) is 24.3 Å². The van der Waals surface area contributed by atoms with Crippen LogP contribution in [0, 0.1) is 5.92 Å². The van der Waals surface area contributed by atoms with Crippen LogP contribution < -0.4 is 0 Å². The van der Waals surface area contributed by atoms with Crippen molar-refractivity contribution in [2.45, 2.75) is 52.4 Å². The Hall–Kier alpha value is -1.05. The minimum atomic E-state index is 0.345. The quantitative estimate of drug-likeness (QED) is 0.448. The molecule has 1 fully saturated rings. The summed E-state index contributed by atoms with van der Waals surface area (Å²) >= 11 is 0. The molecule has 0 spiro atoms. The Kier molecular flexibility index (Phi) is 7.47. The first-order valence-electron chi connectivity index (χ1n) is 7.38. The molecule has 0 bridgehead atoms. The maximum atomic E-state index is 12.0. The van der Waals surface area contributed by atoms with E-state index in [1.807, 2.05) is 4.90 Å². The molecule has 0 aromatic heterocycles. The lowest BCUT2D eigenvalue weighted by atomic mass is 10.2. The third kappa shape index (κ3) is 6.04. The molecule has 0 aromatic carbocycles. The van der Waals surface area contributed by atoms with E-state index in [1.54, 1.807) is 0 Å². The molecule has 2 nitrogen and oxygen atoms in total. The highest BCUT2D eigenvalue weighted by Crippen LogP contribution is 2.31. The van der Waals surface area contributed by atoms with Crippen molar-refractivity contribution in [2.75, 3.05) is 13.1 Å². The van der Waals surface area contributed by atoms with Crippen molar-refractivity contribution in [1.29, 1.82) is 0 Å². The molecule has 1 rings (SSSR count). The minimum Gasteiger partial charge on any atom is -0.339 e. The number of unbranched alkanes of at least 4 members (excludes halogenated alkanes) is 1. The lowest BCUT2D eigenvalue weighted by Crippen LogP contribution is -2.33. The second-order valence-corrected chi connectivity index (χ2v) is 4.99. The van der Waals surface area contributed by atoms with Gasteiger partial charge in [0.2, 0.25) is 5.91 Å². The van der Waals surface area contributed by atoms with Crippen molar-refractivity contribution < 1.29 is 4.79 Å². The minimum absolute atomic E-state index is 0.345. The van der Waals surface area contributed by atoms with E-state index in [0.717, 1.165) is 51.6 Å². The molecule has 1 amide bonds. The number of allylic oxidation sites excluding steroid dienone is 3. The molecule has 0 N–H and O–H groups in total. The Morgan fingerprint density at radius 1 is 1.11 bits per heavy atom. The Labute approximate surface area is 112 Å². The Bertz CT molecular complexity index is 289. The molecule has 18 heavy (non-hydrogen) atoms. The van der Waals surface area contributed by atoms with Gasteiger partial charge < -0.3 is 4.90 Å². The molecule has 0 unspecified atom stereocenters. The molecule has 0 heterocycles. The lowest BCUT2D eigenvalue weighted by molar-refractivity contribution is -0.132. The average Bonchev–Trinajstić information content (AvgIpc) is 3.20. The van der Waals surface area contributed by atoms with Gasteiger partial charge in [-0.25, -0.2) is 0 Å². The highest BCUT2D eigenvalue weighted by atomic mass is 16.2. The fraction of sp³-hybridized carbons (Fsp3) is 0.688. The third-order valence-electron chi connectivity index (χ3n) is 3.13. The summed E-state index contributed by atoms with van der Waals surface area (Å²) in [7, 11) is 0. The summed E-state index contributed by atoms with van der Waals surface area (Å²) < 4.78 is 0. The van der Waals surface area contributed by atoms with Crippen LogP contribution in [0.5, 0.6) is 0 Å². The maximum Gasteiger partial charge on any atom is 0.225 e. The first kappa shape index (κ1) is 15.0. The molecule has 1 aliphatic carbocycles.